The van der Waals surface area contributed by atoms with Gasteiger partial charge in [-0.05, 0) is 23.6 Å². The van der Waals surface area contributed by atoms with Crippen molar-refractivity contribution in [3.05, 3.63) is 0 Å². The Kier molecular flexibility index (Phi) is 6.28. The Balaban J connectivity index is 4.84. The van der Waals surface area contributed by atoms with Gasteiger partial charge in [-0.3, -0.25) is 0 Å². The predicted molar refractivity (Wildman–Crippen MR) is 60.4 cm³/mol. The van der Waals surface area contributed by atoms with Gasteiger partial charge >= 0.3 is 29.1 Å². The van der Waals surface area contributed by atoms with Crippen LogP contribution in [-0.4, -0.2) is 29.4 Å². The molecule has 0 bridgehead atoms. The fourth-order valence-corrected chi connectivity index (χ4v) is 7.19. The lowest BCUT2D eigenvalue weighted by atomic mass is 15.7. The lowest BCUT2D eigenvalue weighted by Gasteiger charge is -2.19. The molecule has 0 saturated carbocycles. The Labute approximate surface area is 104 Å². The normalized spacial score (nSPS) is 20.6. The van der Waals surface area contributed by atoms with Crippen LogP contribution in [0.15, 0.2) is 0 Å². The highest BCUT2D eigenvalue weighted by Crippen LogP contribution is 2.69. The summed E-state index contributed by atoms with van der Waals surface area (Å²) in [5.41, 5.74) is 0. The van der Waals surface area contributed by atoms with Gasteiger partial charge in [-0.25, -0.2) is 17.8 Å². The minimum atomic E-state index is -5.47. The van der Waals surface area contributed by atoms with E-state index >= 15 is 0 Å². The Morgan fingerprint density at radius 3 is 1.47 bits per heavy atom. The van der Waals surface area contributed by atoms with Crippen molar-refractivity contribution in [1.29, 1.82) is 0 Å². The third-order valence-corrected chi connectivity index (χ3v) is 7.43. The zero-order valence-electron chi connectivity index (χ0n) is 7.33. The van der Waals surface area contributed by atoms with Gasteiger partial charge in [-0.15, -0.1) is 0 Å². The van der Waals surface area contributed by atoms with E-state index in [0.717, 1.165) is 0 Å². The van der Waals surface area contributed by atoms with Gasteiger partial charge in [-0.1, -0.05) is 0 Å². The first-order valence-corrected chi connectivity index (χ1v) is 11.3. The highest BCUT2D eigenvalue weighted by molar-refractivity contribution is 8.14. The summed E-state index contributed by atoms with van der Waals surface area (Å²) in [6, 6.07) is 0. The second-order valence-electron chi connectivity index (χ2n) is 2.16. The van der Waals surface area contributed by atoms with Gasteiger partial charge in [0, 0.05) is 0 Å². The second kappa shape index (κ2) is 5.80. The van der Waals surface area contributed by atoms with Crippen molar-refractivity contribution in [2.45, 2.75) is 0 Å². The quantitative estimate of drug-likeness (QED) is 0.334. The zero-order valence-corrected chi connectivity index (χ0v) is 12.5. The summed E-state index contributed by atoms with van der Waals surface area (Å²) in [5.74, 6) is 0. The van der Waals surface area contributed by atoms with Crippen LogP contribution in [0.4, 0.5) is 0 Å². The molecule has 2 atom stereocenters. The van der Waals surface area contributed by atoms with E-state index in [0.29, 0.717) is 0 Å². The van der Waals surface area contributed by atoms with Crippen LogP contribution < -0.4 is 0 Å². The molecule has 2 unspecified atom stereocenters. The first-order chi connectivity index (χ1) is 7.12. The van der Waals surface area contributed by atoms with Crippen molar-refractivity contribution in [2.75, 3.05) is 0 Å². The van der Waals surface area contributed by atoms with Crippen LogP contribution in [0.5, 0.6) is 0 Å². The van der Waals surface area contributed by atoms with E-state index in [1.807, 2.05) is 0 Å². The topological polar surface area (TPSA) is 183 Å². The minimum absolute atomic E-state index is 3.27. The van der Waals surface area contributed by atoms with E-state index in [-0.39, 0.29) is 0 Å². The third kappa shape index (κ3) is 11.0. The van der Waals surface area contributed by atoms with Gasteiger partial charge in [-0.2, -0.15) is 4.31 Å². The summed E-state index contributed by atoms with van der Waals surface area (Å²) in [7, 11) is -10.9. The number of hydrogen-bond acceptors (Lipinski definition) is 7. The summed E-state index contributed by atoms with van der Waals surface area (Å²) in [6.45, 7) is -9.23. The average molecular weight is 370 g/mol. The van der Waals surface area contributed by atoms with Crippen molar-refractivity contribution < 1.29 is 51.4 Å². The number of rotatable bonds is 6. The van der Waals surface area contributed by atoms with Crippen molar-refractivity contribution in [2.24, 2.45) is 0 Å². The van der Waals surface area contributed by atoms with Crippen LogP contribution in [0.3, 0.4) is 0 Å². The molecule has 0 amide bonds. The smallest absolute Gasteiger partial charge is 0.324 e. The van der Waals surface area contributed by atoms with Crippen LogP contribution in [-0.2, 0) is 45.7 Å². The number of hydrogen-bond donors (Lipinski definition) is 6. The molecule has 0 aromatic heterocycles. The average Bonchev–Trinajstić information content (AvgIpc) is 1.65. The van der Waals surface area contributed by atoms with Crippen LogP contribution in [0.1, 0.15) is 0 Å². The van der Waals surface area contributed by atoms with Crippen molar-refractivity contribution in [3.8, 4) is 0 Å². The summed E-state index contributed by atoms with van der Waals surface area (Å²) >= 11 is 7.91. The summed E-state index contributed by atoms with van der Waals surface area (Å²) in [4.78, 5) is 51.4. The van der Waals surface area contributed by atoms with Gasteiger partial charge in [0.05, 0.1) is 0 Å². The first-order valence-electron chi connectivity index (χ1n) is 3.03. The monoisotopic (exact) mass is 370 g/mol. The Morgan fingerprint density at radius 2 is 1.18 bits per heavy atom. The molecule has 0 fully saturated rings. The van der Waals surface area contributed by atoms with E-state index in [9.17, 15) is 9.13 Å². The maximum absolute atomic E-state index is 10.9. The molecule has 0 aliphatic carbocycles. The highest BCUT2D eigenvalue weighted by Gasteiger charge is 2.39. The van der Waals surface area contributed by atoms with E-state index in [2.05, 4.69) is 36.5 Å². The molecule has 17 heavy (non-hydrogen) atoms. The summed E-state index contributed by atoms with van der Waals surface area (Å²) < 4.78 is 31.9. The molecule has 0 aromatic rings. The van der Waals surface area contributed by atoms with E-state index in [1.165, 1.54) is 0 Å². The molecular formula is H6O11P4S2. The largest absolute Gasteiger partial charge is 0.488 e. The van der Waals surface area contributed by atoms with Crippen LogP contribution in [0, 0.1) is 0 Å². The zero-order chi connectivity index (χ0) is 14.1. The van der Waals surface area contributed by atoms with Crippen molar-refractivity contribution in [1.82, 2.24) is 0 Å². The van der Waals surface area contributed by atoms with E-state index < -0.39 is 29.1 Å². The Hall–Kier alpha value is 1.40. The number of phosphoric acid groups is 2. The lowest BCUT2D eigenvalue weighted by molar-refractivity contribution is 0.220. The molecule has 17 heteroatoms. The molecule has 0 spiro atoms. The van der Waals surface area contributed by atoms with Crippen molar-refractivity contribution in [3.63, 3.8) is 0 Å². The molecule has 0 saturated heterocycles. The van der Waals surface area contributed by atoms with Crippen LogP contribution >= 0.6 is 29.1 Å². The fraction of sp³-hybridized carbons (Fsp3) is 0. The third-order valence-electron chi connectivity index (χ3n) is 0.625. The van der Waals surface area contributed by atoms with Gasteiger partial charge in [0.2, 0.25) is 0 Å². The first kappa shape index (κ1) is 18.4. The molecule has 104 valence electrons. The predicted octanol–water partition coefficient (Wildman–Crippen LogP) is -0.345. The summed E-state index contributed by atoms with van der Waals surface area (Å²) in [5, 5.41) is 0. The van der Waals surface area contributed by atoms with Gasteiger partial charge in [0.1, 0.15) is 0 Å². The van der Waals surface area contributed by atoms with Gasteiger partial charge in [0.25, 0.3) is 0 Å². The van der Waals surface area contributed by atoms with Crippen LogP contribution in [0.2, 0.25) is 0 Å². The standard InChI is InChI=1S/H6O11P4S2/c1-12(2,3)9-13(4,5)10-15(8,17)11-14(6,7)16/h(H,4,5)(H,8,17)(H2,1,2,3)(H2,6,7,16). The molecule has 0 aliphatic rings. The molecule has 0 aromatic carbocycles. The highest BCUT2D eigenvalue weighted by atomic mass is 32.5. The molecule has 0 radical (unpaired) electrons. The van der Waals surface area contributed by atoms with E-state index in [1.54, 1.807) is 0 Å². The van der Waals surface area contributed by atoms with Gasteiger partial charge < -0.3 is 29.4 Å². The molecule has 0 rings (SSSR count). The SMILES string of the molecule is O=P(O)(O)OP(=O)(O)OP(O)(=S)OP(O)(O)=S. The molecule has 6 N–H and O–H groups in total. The van der Waals surface area contributed by atoms with Gasteiger partial charge in [0.15, 0.2) is 0 Å². The Morgan fingerprint density at radius 1 is 0.765 bits per heavy atom. The minimum Gasteiger partial charge on any atom is -0.324 e. The second-order valence-corrected chi connectivity index (χ2v) is 10.8. The molecule has 0 aliphatic heterocycles. The lowest BCUT2D eigenvalue weighted by Crippen LogP contribution is -1.95. The Bertz CT molecular complexity index is 410. The van der Waals surface area contributed by atoms with Crippen LogP contribution in [0.25, 0.3) is 0 Å². The fourth-order valence-electron chi connectivity index (χ4n) is 0.429. The maximum atomic E-state index is 10.9. The van der Waals surface area contributed by atoms with E-state index in [4.69, 9.17) is 29.4 Å². The molecular weight excluding hydrogens is 364 g/mol. The molecule has 0 heterocycles. The van der Waals surface area contributed by atoms with Crippen molar-refractivity contribution >= 4 is 52.7 Å². The molecule has 11 nitrogen and oxygen atoms in total. The summed E-state index contributed by atoms with van der Waals surface area (Å²) in [6.07, 6.45) is 0. The maximum Gasteiger partial charge on any atom is 0.488 e.